The summed E-state index contributed by atoms with van der Waals surface area (Å²) < 4.78 is 6.05. The number of carbonyl (C=O) groups excluding carboxylic acids is 1. The summed E-state index contributed by atoms with van der Waals surface area (Å²) in [5.41, 5.74) is 1.89. The van der Waals surface area contributed by atoms with Gasteiger partial charge in [-0.15, -0.1) is 0 Å². The van der Waals surface area contributed by atoms with E-state index in [0.717, 1.165) is 18.5 Å². The van der Waals surface area contributed by atoms with Gasteiger partial charge in [0.25, 0.3) is 0 Å². The van der Waals surface area contributed by atoms with Crippen LogP contribution in [0.4, 0.5) is 0 Å². The van der Waals surface area contributed by atoms with Gasteiger partial charge in [0.05, 0.1) is 19.6 Å². The molecule has 1 unspecified atom stereocenters. The third-order valence-electron chi connectivity index (χ3n) is 4.97. The van der Waals surface area contributed by atoms with Crippen molar-refractivity contribution in [2.45, 2.75) is 52.2 Å². The molecule has 3 nitrogen and oxygen atoms in total. The van der Waals surface area contributed by atoms with E-state index in [2.05, 4.69) is 52.1 Å². The second-order valence-corrected chi connectivity index (χ2v) is 6.64. The van der Waals surface area contributed by atoms with E-state index in [1.165, 1.54) is 10.5 Å². The molecule has 0 aromatic heterocycles. The average molecular weight is 290 g/mol. The van der Waals surface area contributed by atoms with Gasteiger partial charge in [0.2, 0.25) is 0 Å². The van der Waals surface area contributed by atoms with Gasteiger partial charge in [-0.25, -0.2) is 0 Å². The van der Waals surface area contributed by atoms with Crippen molar-refractivity contribution in [1.29, 1.82) is 0 Å². The lowest BCUT2D eigenvalue weighted by Crippen LogP contribution is -3.15. The lowest BCUT2D eigenvalue weighted by atomic mass is 9.74. The highest BCUT2D eigenvalue weighted by atomic mass is 16.6. The molecule has 1 aromatic rings. The number of esters is 1. The lowest BCUT2D eigenvalue weighted by molar-refractivity contribution is -0.916. The second kappa shape index (κ2) is 6.18. The van der Waals surface area contributed by atoms with Crippen molar-refractivity contribution in [1.82, 2.24) is 0 Å². The number of aryl methyl sites for hydroxylation is 1. The number of likely N-dealkylation sites (tertiary alicyclic amines) is 1. The Balaban J connectivity index is 2.46. The van der Waals surface area contributed by atoms with Crippen LogP contribution in [0.2, 0.25) is 0 Å². The van der Waals surface area contributed by atoms with E-state index in [1.54, 1.807) is 0 Å². The minimum Gasteiger partial charge on any atom is -0.453 e. The fourth-order valence-electron chi connectivity index (χ4n) is 3.47. The van der Waals surface area contributed by atoms with E-state index < -0.39 is 5.60 Å². The van der Waals surface area contributed by atoms with Crippen LogP contribution >= 0.6 is 0 Å². The third-order valence-corrected chi connectivity index (χ3v) is 4.97. The molecular weight excluding hydrogens is 262 g/mol. The zero-order chi connectivity index (χ0) is 15.6. The van der Waals surface area contributed by atoms with Gasteiger partial charge in [-0.3, -0.25) is 4.79 Å². The first-order chi connectivity index (χ1) is 9.89. The van der Waals surface area contributed by atoms with Crippen LogP contribution in [0.5, 0.6) is 0 Å². The van der Waals surface area contributed by atoms with E-state index in [4.69, 9.17) is 4.74 Å². The summed E-state index contributed by atoms with van der Waals surface area (Å²) in [4.78, 5) is 13.6. The summed E-state index contributed by atoms with van der Waals surface area (Å²) >= 11 is 0. The molecule has 1 fully saturated rings. The van der Waals surface area contributed by atoms with Gasteiger partial charge in [-0.2, -0.15) is 0 Å². The van der Waals surface area contributed by atoms with E-state index in [-0.39, 0.29) is 5.97 Å². The molecule has 1 saturated heterocycles. The molecule has 0 amide bonds. The number of ether oxygens (including phenoxy) is 1. The highest BCUT2D eigenvalue weighted by molar-refractivity contribution is 5.69. The maximum absolute atomic E-state index is 12.0. The zero-order valence-electron chi connectivity index (χ0n) is 13.9. The number of rotatable bonds is 3. The molecule has 4 atom stereocenters. The number of nitrogens with one attached hydrogen (secondary N) is 1. The van der Waals surface area contributed by atoms with Crippen LogP contribution in [-0.4, -0.2) is 25.6 Å². The summed E-state index contributed by atoms with van der Waals surface area (Å²) in [5.74, 6) is 0.209. The first kappa shape index (κ1) is 16.0. The van der Waals surface area contributed by atoms with Gasteiger partial charge in [0, 0.05) is 18.8 Å². The maximum atomic E-state index is 12.0. The van der Waals surface area contributed by atoms with Crippen LogP contribution in [0.25, 0.3) is 0 Å². The molecule has 1 aromatic carbocycles. The van der Waals surface area contributed by atoms with Gasteiger partial charge in [0.15, 0.2) is 5.60 Å². The van der Waals surface area contributed by atoms with E-state index >= 15 is 0 Å². The Morgan fingerprint density at radius 3 is 2.76 bits per heavy atom. The van der Waals surface area contributed by atoms with Crippen LogP contribution in [0.3, 0.4) is 0 Å². The standard InChI is InChI=1S/C18H27NO2/c1-6-17(20)21-18(16-9-7-8-13(2)10-16)11-15(4)19(5)12-14(18)3/h7-10,14-15H,6,11-12H2,1-5H3/p+1/t14-,15-,18+/m0/s1. The summed E-state index contributed by atoms with van der Waals surface area (Å²) in [6.45, 7) is 9.42. The Morgan fingerprint density at radius 1 is 1.43 bits per heavy atom. The number of hydrogen-bond donors (Lipinski definition) is 1. The van der Waals surface area contributed by atoms with E-state index in [0.29, 0.717) is 18.4 Å². The van der Waals surface area contributed by atoms with Gasteiger partial charge in [0.1, 0.15) is 0 Å². The van der Waals surface area contributed by atoms with Crippen molar-refractivity contribution in [2.24, 2.45) is 5.92 Å². The zero-order valence-corrected chi connectivity index (χ0v) is 13.9. The number of carbonyl (C=O) groups is 1. The highest BCUT2D eigenvalue weighted by Crippen LogP contribution is 2.40. The molecule has 21 heavy (non-hydrogen) atoms. The molecule has 0 radical (unpaired) electrons. The first-order valence-electron chi connectivity index (χ1n) is 8.00. The predicted molar refractivity (Wildman–Crippen MR) is 84.2 cm³/mol. The number of benzene rings is 1. The molecule has 0 aliphatic carbocycles. The summed E-state index contributed by atoms with van der Waals surface area (Å²) in [6, 6.07) is 8.92. The highest BCUT2D eigenvalue weighted by Gasteiger charge is 2.49. The summed E-state index contributed by atoms with van der Waals surface area (Å²) in [6.07, 6.45) is 1.31. The molecule has 0 spiro atoms. The Bertz CT molecular complexity index is 514. The van der Waals surface area contributed by atoms with E-state index in [1.807, 2.05) is 6.92 Å². The van der Waals surface area contributed by atoms with Crippen LogP contribution in [0.1, 0.15) is 44.7 Å². The quantitative estimate of drug-likeness (QED) is 0.864. The third kappa shape index (κ3) is 3.13. The Kier molecular flexibility index (Phi) is 4.72. The summed E-state index contributed by atoms with van der Waals surface area (Å²) in [5, 5.41) is 0. The molecule has 1 heterocycles. The molecule has 0 bridgehead atoms. The van der Waals surface area contributed by atoms with Crippen LogP contribution < -0.4 is 4.90 Å². The van der Waals surface area contributed by atoms with Crippen LogP contribution in [0.15, 0.2) is 24.3 Å². The lowest BCUT2D eigenvalue weighted by Gasteiger charge is -2.46. The average Bonchev–Trinajstić information content (AvgIpc) is 2.44. The minimum absolute atomic E-state index is 0.102. The predicted octanol–water partition coefficient (Wildman–Crippen LogP) is 2.09. The molecule has 1 aliphatic rings. The number of quaternary nitrogens is 1. The van der Waals surface area contributed by atoms with Crippen molar-refractivity contribution < 1.29 is 14.4 Å². The molecule has 3 heteroatoms. The summed E-state index contributed by atoms with van der Waals surface area (Å²) in [7, 11) is 2.23. The minimum atomic E-state index is -0.474. The van der Waals surface area contributed by atoms with Gasteiger partial charge >= 0.3 is 5.97 Å². The molecular formula is C18H28NO2+. The number of hydrogen-bond acceptors (Lipinski definition) is 2. The molecule has 116 valence electrons. The normalized spacial score (nSPS) is 32.7. The smallest absolute Gasteiger partial charge is 0.306 e. The SMILES string of the molecule is CCC(=O)O[C@]1(c2cccc(C)c2)C[C@H](C)[NH+](C)C[C@@H]1C. The van der Waals surface area contributed by atoms with Gasteiger partial charge in [-0.1, -0.05) is 43.7 Å². The first-order valence-corrected chi connectivity index (χ1v) is 8.00. The van der Waals surface area contributed by atoms with Gasteiger partial charge in [-0.05, 0) is 19.4 Å². The van der Waals surface area contributed by atoms with Crippen LogP contribution in [0, 0.1) is 12.8 Å². The van der Waals surface area contributed by atoms with Crippen molar-refractivity contribution in [3.05, 3.63) is 35.4 Å². The molecule has 0 saturated carbocycles. The fraction of sp³-hybridized carbons (Fsp3) is 0.611. The molecule has 1 N–H and O–H groups in total. The van der Waals surface area contributed by atoms with Crippen molar-refractivity contribution >= 4 is 5.97 Å². The monoisotopic (exact) mass is 290 g/mol. The fourth-order valence-corrected chi connectivity index (χ4v) is 3.47. The second-order valence-electron chi connectivity index (χ2n) is 6.64. The van der Waals surface area contributed by atoms with Crippen molar-refractivity contribution in [2.75, 3.05) is 13.6 Å². The van der Waals surface area contributed by atoms with Crippen molar-refractivity contribution in [3.8, 4) is 0 Å². The number of piperidine rings is 1. The Labute approximate surface area is 128 Å². The van der Waals surface area contributed by atoms with E-state index in [9.17, 15) is 4.79 Å². The van der Waals surface area contributed by atoms with Gasteiger partial charge < -0.3 is 9.64 Å². The van der Waals surface area contributed by atoms with Crippen molar-refractivity contribution in [3.63, 3.8) is 0 Å². The molecule has 1 aliphatic heterocycles. The molecule has 2 rings (SSSR count). The maximum Gasteiger partial charge on any atom is 0.306 e. The largest absolute Gasteiger partial charge is 0.453 e. The topological polar surface area (TPSA) is 30.7 Å². The Hall–Kier alpha value is -1.35. The Morgan fingerprint density at radius 2 is 2.14 bits per heavy atom. The van der Waals surface area contributed by atoms with Crippen LogP contribution in [-0.2, 0) is 15.1 Å².